The SMILES string of the molecule is Clc1ccc2c(c1)oc1cc(Br)cc(Br)c12. The zero-order chi connectivity index (χ0) is 11.3. The fourth-order valence-corrected chi connectivity index (χ4v) is 3.36. The van der Waals surface area contributed by atoms with E-state index >= 15 is 0 Å². The summed E-state index contributed by atoms with van der Waals surface area (Å²) in [4.78, 5) is 0. The van der Waals surface area contributed by atoms with Gasteiger partial charge in [0, 0.05) is 30.8 Å². The van der Waals surface area contributed by atoms with Crippen molar-refractivity contribution < 1.29 is 4.42 Å². The normalized spacial score (nSPS) is 11.4. The molecule has 0 saturated carbocycles. The van der Waals surface area contributed by atoms with E-state index in [2.05, 4.69) is 31.9 Å². The Labute approximate surface area is 114 Å². The molecule has 0 saturated heterocycles. The van der Waals surface area contributed by atoms with E-state index in [1.807, 2.05) is 30.3 Å². The summed E-state index contributed by atoms with van der Waals surface area (Å²) in [7, 11) is 0. The van der Waals surface area contributed by atoms with Crippen LogP contribution < -0.4 is 0 Å². The van der Waals surface area contributed by atoms with Crippen LogP contribution in [0.1, 0.15) is 0 Å². The zero-order valence-electron chi connectivity index (χ0n) is 7.93. The molecule has 0 amide bonds. The third-order valence-corrected chi connectivity index (χ3v) is 3.77. The molecule has 0 unspecified atom stereocenters. The Morgan fingerprint density at radius 1 is 1.00 bits per heavy atom. The molecule has 0 spiro atoms. The van der Waals surface area contributed by atoms with E-state index in [0.717, 1.165) is 30.9 Å². The number of hydrogen-bond acceptors (Lipinski definition) is 1. The van der Waals surface area contributed by atoms with Crippen molar-refractivity contribution >= 4 is 65.4 Å². The molecule has 3 aromatic rings. The zero-order valence-corrected chi connectivity index (χ0v) is 11.9. The molecule has 0 fully saturated rings. The van der Waals surface area contributed by atoms with Gasteiger partial charge in [-0.3, -0.25) is 0 Å². The van der Waals surface area contributed by atoms with E-state index in [0.29, 0.717) is 5.02 Å². The predicted molar refractivity (Wildman–Crippen MR) is 74.1 cm³/mol. The van der Waals surface area contributed by atoms with Crippen LogP contribution in [0.15, 0.2) is 43.7 Å². The van der Waals surface area contributed by atoms with Crippen LogP contribution in [0.4, 0.5) is 0 Å². The van der Waals surface area contributed by atoms with Gasteiger partial charge in [0.1, 0.15) is 11.2 Å². The standard InChI is InChI=1S/C12H5Br2ClO/c13-6-3-9(14)12-8-2-1-7(15)5-10(8)16-11(12)4-6/h1-5H. The van der Waals surface area contributed by atoms with Crippen molar-refractivity contribution in [3.05, 3.63) is 44.3 Å². The van der Waals surface area contributed by atoms with Crippen LogP contribution in [-0.4, -0.2) is 0 Å². The lowest BCUT2D eigenvalue weighted by atomic mass is 10.1. The maximum atomic E-state index is 5.94. The van der Waals surface area contributed by atoms with E-state index in [1.54, 1.807) is 0 Å². The van der Waals surface area contributed by atoms with Crippen molar-refractivity contribution in [2.45, 2.75) is 0 Å². The van der Waals surface area contributed by atoms with Crippen molar-refractivity contribution in [1.29, 1.82) is 0 Å². The smallest absolute Gasteiger partial charge is 0.137 e. The minimum Gasteiger partial charge on any atom is -0.456 e. The van der Waals surface area contributed by atoms with Crippen LogP contribution in [-0.2, 0) is 0 Å². The monoisotopic (exact) mass is 358 g/mol. The summed E-state index contributed by atoms with van der Waals surface area (Å²) in [6.45, 7) is 0. The van der Waals surface area contributed by atoms with Gasteiger partial charge in [0.2, 0.25) is 0 Å². The van der Waals surface area contributed by atoms with Gasteiger partial charge in [-0.2, -0.15) is 0 Å². The van der Waals surface area contributed by atoms with Crippen LogP contribution in [0, 0.1) is 0 Å². The van der Waals surface area contributed by atoms with Gasteiger partial charge >= 0.3 is 0 Å². The molecule has 0 aliphatic carbocycles. The Bertz CT molecular complexity index is 703. The molecule has 1 heterocycles. The fourth-order valence-electron chi connectivity index (χ4n) is 1.80. The Morgan fingerprint density at radius 2 is 1.81 bits per heavy atom. The summed E-state index contributed by atoms with van der Waals surface area (Å²) in [5, 5.41) is 2.83. The van der Waals surface area contributed by atoms with Crippen molar-refractivity contribution in [3.8, 4) is 0 Å². The molecule has 0 aliphatic rings. The molecule has 16 heavy (non-hydrogen) atoms. The second kappa shape index (κ2) is 3.76. The first-order valence-electron chi connectivity index (χ1n) is 4.62. The number of furan rings is 1. The number of halogens is 3. The summed E-state index contributed by atoms with van der Waals surface area (Å²) in [5.41, 5.74) is 1.65. The quantitative estimate of drug-likeness (QED) is 0.496. The third kappa shape index (κ3) is 1.58. The molecular weight excluding hydrogens is 355 g/mol. The van der Waals surface area contributed by atoms with Crippen LogP contribution in [0.2, 0.25) is 5.02 Å². The third-order valence-electron chi connectivity index (χ3n) is 2.45. The molecule has 0 aliphatic heterocycles. The minimum absolute atomic E-state index is 0.682. The molecule has 1 aromatic heterocycles. The molecule has 0 bridgehead atoms. The van der Waals surface area contributed by atoms with Gasteiger partial charge in [-0.05, 0) is 40.2 Å². The van der Waals surface area contributed by atoms with Gasteiger partial charge in [0.25, 0.3) is 0 Å². The van der Waals surface area contributed by atoms with Gasteiger partial charge in [-0.1, -0.05) is 27.5 Å². The first-order valence-corrected chi connectivity index (χ1v) is 6.58. The van der Waals surface area contributed by atoms with E-state index < -0.39 is 0 Å². The highest BCUT2D eigenvalue weighted by Gasteiger charge is 2.11. The number of fused-ring (bicyclic) bond motifs is 3. The van der Waals surface area contributed by atoms with Crippen molar-refractivity contribution in [2.75, 3.05) is 0 Å². The molecule has 4 heteroatoms. The second-order valence-electron chi connectivity index (χ2n) is 3.50. The van der Waals surface area contributed by atoms with Crippen LogP contribution in [0.3, 0.4) is 0 Å². The van der Waals surface area contributed by atoms with Crippen molar-refractivity contribution in [2.24, 2.45) is 0 Å². The van der Waals surface area contributed by atoms with Crippen molar-refractivity contribution in [3.63, 3.8) is 0 Å². The van der Waals surface area contributed by atoms with Crippen LogP contribution in [0.5, 0.6) is 0 Å². The summed E-state index contributed by atoms with van der Waals surface area (Å²) in [6, 6.07) is 9.63. The molecule has 2 aromatic carbocycles. The predicted octanol–water partition coefficient (Wildman–Crippen LogP) is 5.76. The highest BCUT2D eigenvalue weighted by atomic mass is 79.9. The van der Waals surface area contributed by atoms with Gasteiger partial charge in [0.15, 0.2) is 0 Å². The molecule has 3 rings (SSSR count). The topological polar surface area (TPSA) is 13.1 Å². The van der Waals surface area contributed by atoms with Gasteiger partial charge in [0.05, 0.1) is 0 Å². The summed E-state index contributed by atoms with van der Waals surface area (Å²) in [6.07, 6.45) is 0. The number of hydrogen-bond donors (Lipinski definition) is 0. The Hall–Kier alpha value is -0.510. The first-order chi connectivity index (χ1) is 7.65. The molecule has 0 radical (unpaired) electrons. The number of benzene rings is 2. The van der Waals surface area contributed by atoms with Crippen molar-refractivity contribution in [1.82, 2.24) is 0 Å². The van der Waals surface area contributed by atoms with Gasteiger partial charge in [-0.25, -0.2) is 0 Å². The Morgan fingerprint density at radius 3 is 2.62 bits per heavy atom. The lowest BCUT2D eigenvalue weighted by molar-refractivity contribution is 0.668. The van der Waals surface area contributed by atoms with Crippen LogP contribution >= 0.6 is 43.5 Å². The molecule has 80 valence electrons. The Kier molecular flexibility index (Phi) is 2.50. The maximum Gasteiger partial charge on any atom is 0.137 e. The van der Waals surface area contributed by atoms with E-state index in [9.17, 15) is 0 Å². The average molecular weight is 360 g/mol. The van der Waals surface area contributed by atoms with E-state index in [1.165, 1.54) is 0 Å². The van der Waals surface area contributed by atoms with Crippen LogP contribution in [0.25, 0.3) is 21.9 Å². The minimum atomic E-state index is 0.682. The second-order valence-corrected chi connectivity index (χ2v) is 5.71. The average Bonchev–Trinajstić information content (AvgIpc) is 2.54. The molecule has 0 N–H and O–H groups in total. The lowest BCUT2D eigenvalue weighted by Gasteiger charge is -1.95. The van der Waals surface area contributed by atoms with E-state index in [-0.39, 0.29) is 0 Å². The highest BCUT2D eigenvalue weighted by Crippen LogP contribution is 2.37. The Balaban J connectivity index is 2.56. The molecule has 1 nitrogen and oxygen atoms in total. The van der Waals surface area contributed by atoms with E-state index in [4.69, 9.17) is 16.0 Å². The highest BCUT2D eigenvalue weighted by molar-refractivity contribution is 9.11. The molecule has 0 atom stereocenters. The fraction of sp³-hybridized carbons (Fsp3) is 0. The van der Waals surface area contributed by atoms with Gasteiger partial charge in [-0.15, -0.1) is 0 Å². The summed E-state index contributed by atoms with van der Waals surface area (Å²) < 4.78 is 7.75. The summed E-state index contributed by atoms with van der Waals surface area (Å²) >= 11 is 12.9. The molecular formula is C12H5Br2ClO. The largest absolute Gasteiger partial charge is 0.456 e. The summed E-state index contributed by atoms with van der Waals surface area (Å²) in [5.74, 6) is 0. The first kappa shape index (κ1) is 10.6. The number of rotatable bonds is 0. The van der Waals surface area contributed by atoms with Gasteiger partial charge < -0.3 is 4.42 Å². The maximum absolute atomic E-state index is 5.94. The lowest BCUT2D eigenvalue weighted by Crippen LogP contribution is -1.71.